The van der Waals surface area contributed by atoms with Crippen molar-refractivity contribution in [2.75, 3.05) is 13.1 Å². The minimum atomic E-state index is 0.257. The molecule has 0 atom stereocenters. The zero-order valence-corrected chi connectivity index (χ0v) is 14.4. The van der Waals surface area contributed by atoms with Crippen LogP contribution in [-0.4, -0.2) is 29.9 Å². The molecule has 0 spiro atoms. The maximum absolute atomic E-state index is 12.1. The van der Waals surface area contributed by atoms with E-state index < -0.39 is 0 Å². The van der Waals surface area contributed by atoms with Crippen LogP contribution in [0.4, 0.5) is 0 Å². The van der Waals surface area contributed by atoms with E-state index in [1.807, 2.05) is 11.4 Å². The lowest BCUT2D eigenvalue weighted by Gasteiger charge is -2.32. The molecule has 0 unspecified atom stereocenters. The van der Waals surface area contributed by atoms with Crippen molar-refractivity contribution in [1.29, 1.82) is 5.26 Å². The number of hydrogen-bond acceptors (Lipinski definition) is 4. The quantitative estimate of drug-likeness (QED) is 0.901. The SMILES string of the molecule is N#Cc1csc(CN2CCC(NC(=O)CC3CCCC3)CC2)c1. The summed E-state index contributed by atoms with van der Waals surface area (Å²) in [4.78, 5) is 15.8. The minimum Gasteiger partial charge on any atom is -0.353 e. The summed E-state index contributed by atoms with van der Waals surface area (Å²) >= 11 is 1.66. The molecule has 1 saturated heterocycles. The molecule has 2 fully saturated rings. The molecule has 1 amide bonds. The van der Waals surface area contributed by atoms with E-state index in [1.54, 1.807) is 11.3 Å². The number of nitriles is 1. The van der Waals surface area contributed by atoms with Crippen molar-refractivity contribution < 1.29 is 4.79 Å². The summed E-state index contributed by atoms with van der Waals surface area (Å²) in [5, 5.41) is 14.0. The zero-order chi connectivity index (χ0) is 16.1. The van der Waals surface area contributed by atoms with Crippen LogP contribution in [0.5, 0.6) is 0 Å². The topological polar surface area (TPSA) is 56.1 Å². The number of carbonyl (C=O) groups excluding carboxylic acids is 1. The van der Waals surface area contributed by atoms with Crippen LogP contribution >= 0.6 is 11.3 Å². The number of carbonyl (C=O) groups is 1. The number of nitrogens with zero attached hydrogens (tertiary/aromatic N) is 2. The van der Waals surface area contributed by atoms with Crippen molar-refractivity contribution in [2.24, 2.45) is 5.92 Å². The Morgan fingerprint density at radius 3 is 2.70 bits per heavy atom. The normalized spacial score (nSPS) is 20.5. The van der Waals surface area contributed by atoms with Crippen molar-refractivity contribution in [3.8, 4) is 6.07 Å². The summed E-state index contributed by atoms with van der Waals surface area (Å²) in [6.45, 7) is 2.97. The molecule has 0 aromatic carbocycles. The minimum absolute atomic E-state index is 0.257. The Morgan fingerprint density at radius 2 is 2.04 bits per heavy atom. The van der Waals surface area contributed by atoms with Gasteiger partial charge in [0.15, 0.2) is 0 Å². The van der Waals surface area contributed by atoms with Gasteiger partial charge in [0.2, 0.25) is 5.91 Å². The number of rotatable bonds is 5. The monoisotopic (exact) mass is 331 g/mol. The van der Waals surface area contributed by atoms with E-state index in [9.17, 15) is 4.79 Å². The lowest BCUT2D eigenvalue weighted by Crippen LogP contribution is -2.44. The molecule has 2 aliphatic rings. The van der Waals surface area contributed by atoms with E-state index in [1.165, 1.54) is 30.6 Å². The molecule has 4 nitrogen and oxygen atoms in total. The molecule has 1 aromatic rings. The molecule has 1 N–H and O–H groups in total. The van der Waals surface area contributed by atoms with Crippen molar-refractivity contribution in [1.82, 2.24) is 10.2 Å². The number of thiophene rings is 1. The molecule has 1 saturated carbocycles. The Kier molecular flexibility index (Phi) is 5.69. The second-order valence-electron chi connectivity index (χ2n) is 6.89. The van der Waals surface area contributed by atoms with Crippen LogP contribution in [0.15, 0.2) is 11.4 Å². The van der Waals surface area contributed by atoms with Crippen LogP contribution in [-0.2, 0) is 11.3 Å². The first-order chi connectivity index (χ1) is 11.2. The molecule has 0 radical (unpaired) electrons. The summed E-state index contributed by atoms with van der Waals surface area (Å²) in [5.74, 6) is 0.885. The zero-order valence-electron chi connectivity index (χ0n) is 13.6. The van der Waals surface area contributed by atoms with Gasteiger partial charge in [0, 0.05) is 42.4 Å². The summed E-state index contributed by atoms with van der Waals surface area (Å²) in [7, 11) is 0. The van der Waals surface area contributed by atoms with Crippen LogP contribution in [0, 0.1) is 17.2 Å². The molecular weight excluding hydrogens is 306 g/mol. The van der Waals surface area contributed by atoms with Crippen LogP contribution in [0.3, 0.4) is 0 Å². The molecule has 1 aliphatic heterocycles. The Bertz CT molecular complexity index is 563. The van der Waals surface area contributed by atoms with Crippen LogP contribution < -0.4 is 5.32 Å². The Hall–Kier alpha value is -1.38. The fourth-order valence-electron chi connectivity index (χ4n) is 3.74. The molecule has 2 heterocycles. The average Bonchev–Trinajstić information content (AvgIpc) is 3.21. The molecule has 1 aliphatic carbocycles. The van der Waals surface area contributed by atoms with Gasteiger partial charge in [-0.15, -0.1) is 11.3 Å². The van der Waals surface area contributed by atoms with Gasteiger partial charge in [-0.2, -0.15) is 5.26 Å². The standard InChI is InChI=1S/C18H25N3OS/c19-11-15-9-17(23-13-15)12-21-7-5-16(6-8-21)20-18(22)10-14-3-1-2-4-14/h9,13-14,16H,1-8,10,12H2,(H,20,22). The van der Waals surface area contributed by atoms with Gasteiger partial charge in [0.25, 0.3) is 0 Å². The summed E-state index contributed by atoms with van der Waals surface area (Å²) in [6.07, 6.45) is 7.86. The van der Waals surface area contributed by atoms with Crippen molar-refractivity contribution in [3.63, 3.8) is 0 Å². The first-order valence-corrected chi connectivity index (χ1v) is 9.60. The van der Waals surface area contributed by atoms with Crippen LogP contribution in [0.1, 0.15) is 55.4 Å². The number of amides is 1. The second-order valence-corrected chi connectivity index (χ2v) is 7.88. The first kappa shape index (κ1) is 16.5. The van der Waals surface area contributed by atoms with Gasteiger partial charge in [0.05, 0.1) is 5.56 Å². The summed E-state index contributed by atoms with van der Waals surface area (Å²) in [5.41, 5.74) is 0.763. The number of nitrogens with one attached hydrogen (secondary N) is 1. The third-order valence-corrected chi connectivity index (χ3v) is 5.99. The number of hydrogen-bond donors (Lipinski definition) is 1. The Labute approximate surface area is 142 Å². The van der Waals surface area contributed by atoms with Crippen LogP contribution in [0.25, 0.3) is 0 Å². The van der Waals surface area contributed by atoms with E-state index in [0.717, 1.165) is 44.5 Å². The average molecular weight is 331 g/mol. The maximum atomic E-state index is 12.1. The maximum Gasteiger partial charge on any atom is 0.220 e. The summed E-state index contributed by atoms with van der Waals surface area (Å²) in [6, 6.07) is 4.52. The van der Waals surface area contributed by atoms with E-state index in [-0.39, 0.29) is 5.91 Å². The van der Waals surface area contributed by atoms with Gasteiger partial charge < -0.3 is 5.32 Å². The fraction of sp³-hybridized carbons (Fsp3) is 0.667. The third kappa shape index (κ3) is 4.79. The number of likely N-dealkylation sites (tertiary alicyclic amines) is 1. The molecule has 23 heavy (non-hydrogen) atoms. The highest BCUT2D eigenvalue weighted by Crippen LogP contribution is 2.27. The van der Waals surface area contributed by atoms with Gasteiger partial charge in [0.1, 0.15) is 6.07 Å². The predicted molar refractivity (Wildman–Crippen MR) is 92.1 cm³/mol. The lowest BCUT2D eigenvalue weighted by atomic mass is 10.0. The summed E-state index contributed by atoms with van der Waals surface area (Å²) < 4.78 is 0. The molecule has 1 aromatic heterocycles. The molecular formula is C18H25N3OS. The highest BCUT2D eigenvalue weighted by molar-refractivity contribution is 7.10. The molecule has 5 heteroatoms. The van der Waals surface area contributed by atoms with E-state index in [4.69, 9.17) is 5.26 Å². The largest absolute Gasteiger partial charge is 0.353 e. The first-order valence-electron chi connectivity index (χ1n) is 8.72. The molecule has 0 bridgehead atoms. The fourth-order valence-corrected chi connectivity index (χ4v) is 4.59. The third-order valence-electron chi connectivity index (χ3n) is 5.06. The van der Waals surface area contributed by atoms with Crippen molar-refractivity contribution in [3.05, 3.63) is 21.9 Å². The molecule has 3 rings (SSSR count). The van der Waals surface area contributed by atoms with Gasteiger partial charge in [-0.3, -0.25) is 9.69 Å². The van der Waals surface area contributed by atoms with Gasteiger partial charge in [-0.05, 0) is 37.7 Å². The van der Waals surface area contributed by atoms with Gasteiger partial charge >= 0.3 is 0 Å². The number of piperidine rings is 1. The molecule has 124 valence electrons. The van der Waals surface area contributed by atoms with Crippen molar-refractivity contribution in [2.45, 2.75) is 57.5 Å². The van der Waals surface area contributed by atoms with E-state index in [0.29, 0.717) is 12.0 Å². The second kappa shape index (κ2) is 7.94. The lowest BCUT2D eigenvalue weighted by molar-refractivity contribution is -0.123. The van der Waals surface area contributed by atoms with E-state index in [2.05, 4.69) is 16.3 Å². The predicted octanol–water partition coefficient (Wildman–Crippen LogP) is 3.28. The van der Waals surface area contributed by atoms with E-state index >= 15 is 0 Å². The van der Waals surface area contributed by atoms with Crippen LogP contribution in [0.2, 0.25) is 0 Å². The van der Waals surface area contributed by atoms with Gasteiger partial charge in [-0.1, -0.05) is 12.8 Å². The highest BCUT2D eigenvalue weighted by atomic mass is 32.1. The van der Waals surface area contributed by atoms with Crippen molar-refractivity contribution >= 4 is 17.2 Å². The highest BCUT2D eigenvalue weighted by Gasteiger charge is 2.23. The Balaban J connectivity index is 1.38. The Morgan fingerprint density at radius 1 is 1.30 bits per heavy atom. The van der Waals surface area contributed by atoms with Gasteiger partial charge in [-0.25, -0.2) is 0 Å². The smallest absolute Gasteiger partial charge is 0.220 e.